The molecule has 0 aliphatic heterocycles. The molecule has 2 N–H and O–H groups in total. The standard InChI is InChI=1S/C17H12ClN3O2.ClH/c1-22-17-8-15-12(6-10(17)9-19)16(4-5-21-15)23-11-2-3-14(20)13(18)7-11;/h2-8H,20H2,1H3;1H. The number of benzene rings is 2. The fraction of sp³-hybridized carbons (Fsp3) is 0.0588. The SMILES string of the molecule is COc1cc2nccc(Oc3ccc(N)c(Cl)c3)c2cc1C#N.Cl. The van der Waals surface area contributed by atoms with E-state index in [1.54, 1.807) is 42.6 Å². The van der Waals surface area contributed by atoms with E-state index in [-0.39, 0.29) is 12.4 Å². The molecule has 1 heterocycles. The fourth-order valence-electron chi connectivity index (χ4n) is 2.19. The summed E-state index contributed by atoms with van der Waals surface area (Å²) in [6.07, 6.45) is 1.63. The van der Waals surface area contributed by atoms with Crippen molar-refractivity contribution in [1.82, 2.24) is 4.98 Å². The van der Waals surface area contributed by atoms with E-state index in [4.69, 9.17) is 26.8 Å². The molecule has 0 radical (unpaired) electrons. The van der Waals surface area contributed by atoms with Crippen molar-refractivity contribution in [3.63, 3.8) is 0 Å². The number of rotatable bonds is 3. The maximum atomic E-state index is 9.23. The average Bonchev–Trinajstić information content (AvgIpc) is 2.57. The van der Waals surface area contributed by atoms with Crippen LogP contribution in [0.4, 0.5) is 5.69 Å². The van der Waals surface area contributed by atoms with Gasteiger partial charge in [0.2, 0.25) is 0 Å². The lowest BCUT2D eigenvalue weighted by molar-refractivity contribution is 0.414. The molecule has 0 unspecified atom stereocenters. The van der Waals surface area contributed by atoms with E-state index < -0.39 is 0 Å². The number of aromatic nitrogens is 1. The molecular formula is C17H13Cl2N3O2. The third-order valence-corrected chi connectivity index (χ3v) is 3.67. The van der Waals surface area contributed by atoms with Crippen LogP contribution in [0.3, 0.4) is 0 Å². The summed E-state index contributed by atoms with van der Waals surface area (Å²) in [5.74, 6) is 1.58. The minimum absolute atomic E-state index is 0. The number of ether oxygens (including phenoxy) is 2. The second-order valence-electron chi connectivity index (χ2n) is 4.78. The van der Waals surface area contributed by atoms with Gasteiger partial charge in [0.25, 0.3) is 0 Å². The van der Waals surface area contributed by atoms with Gasteiger partial charge in [0.05, 0.1) is 28.9 Å². The Labute approximate surface area is 150 Å². The smallest absolute Gasteiger partial charge is 0.138 e. The van der Waals surface area contributed by atoms with Crippen LogP contribution in [-0.4, -0.2) is 12.1 Å². The maximum absolute atomic E-state index is 9.23. The van der Waals surface area contributed by atoms with E-state index in [0.717, 1.165) is 0 Å². The third kappa shape index (κ3) is 3.30. The Morgan fingerprint density at radius 1 is 1.17 bits per heavy atom. The summed E-state index contributed by atoms with van der Waals surface area (Å²) >= 11 is 6.01. The number of nitrogens with two attached hydrogens (primary N) is 1. The molecule has 0 fully saturated rings. The topological polar surface area (TPSA) is 81.2 Å². The van der Waals surface area contributed by atoms with Crippen molar-refractivity contribution < 1.29 is 9.47 Å². The second kappa shape index (κ2) is 7.26. The summed E-state index contributed by atoms with van der Waals surface area (Å²) in [5, 5.41) is 10.4. The van der Waals surface area contributed by atoms with Crippen molar-refractivity contribution in [2.24, 2.45) is 0 Å². The van der Waals surface area contributed by atoms with Crippen LogP contribution in [0.25, 0.3) is 10.9 Å². The number of pyridine rings is 1. The number of anilines is 1. The molecule has 2 aromatic carbocycles. The second-order valence-corrected chi connectivity index (χ2v) is 5.18. The zero-order chi connectivity index (χ0) is 16.4. The van der Waals surface area contributed by atoms with Crippen LogP contribution in [0, 0.1) is 11.3 Å². The van der Waals surface area contributed by atoms with E-state index in [2.05, 4.69) is 11.1 Å². The van der Waals surface area contributed by atoms with Crippen LogP contribution in [0.2, 0.25) is 5.02 Å². The molecule has 0 bridgehead atoms. The summed E-state index contributed by atoms with van der Waals surface area (Å²) in [5.41, 5.74) is 7.25. The van der Waals surface area contributed by atoms with Gasteiger partial charge in [-0.15, -0.1) is 12.4 Å². The molecule has 7 heteroatoms. The van der Waals surface area contributed by atoms with E-state index >= 15 is 0 Å². The van der Waals surface area contributed by atoms with E-state index in [9.17, 15) is 5.26 Å². The van der Waals surface area contributed by atoms with Gasteiger partial charge in [-0.25, -0.2) is 0 Å². The molecule has 5 nitrogen and oxygen atoms in total. The first-order valence-corrected chi connectivity index (χ1v) is 7.10. The molecule has 0 aliphatic rings. The molecule has 1 aromatic heterocycles. The number of halogens is 2. The number of fused-ring (bicyclic) bond motifs is 1. The van der Waals surface area contributed by atoms with E-state index in [0.29, 0.717) is 44.4 Å². The molecule has 3 rings (SSSR count). The molecule has 0 atom stereocenters. The molecule has 0 aliphatic carbocycles. The first-order chi connectivity index (χ1) is 11.1. The highest BCUT2D eigenvalue weighted by Crippen LogP contribution is 2.34. The first kappa shape index (κ1) is 17.7. The number of methoxy groups -OCH3 is 1. The lowest BCUT2D eigenvalue weighted by Gasteiger charge is -2.11. The molecule has 3 aromatic rings. The highest BCUT2D eigenvalue weighted by atomic mass is 35.5. The van der Waals surface area contributed by atoms with Gasteiger partial charge in [-0.05, 0) is 24.3 Å². The summed E-state index contributed by atoms with van der Waals surface area (Å²) in [6.45, 7) is 0. The largest absolute Gasteiger partial charge is 0.495 e. The van der Waals surface area contributed by atoms with Gasteiger partial charge in [0.1, 0.15) is 23.3 Å². The van der Waals surface area contributed by atoms with Crippen LogP contribution in [-0.2, 0) is 0 Å². The fourth-order valence-corrected chi connectivity index (χ4v) is 2.36. The Morgan fingerprint density at radius 2 is 1.96 bits per heavy atom. The van der Waals surface area contributed by atoms with Gasteiger partial charge in [-0.1, -0.05) is 11.6 Å². The minimum Gasteiger partial charge on any atom is -0.495 e. The van der Waals surface area contributed by atoms with Crippen LogP contribution in [0.1, 0.15) is 5.56 Å². The summed E-state index contributed by atoms with van der Waals surface area (Å²) in [6, 6.07) is 12.3. The van der Waals surface area contributed by atoms with Crippen molar-refractivity contribution in [3.05, 3.63) is 53.2 Å². The molecule has 0 saturated heterocycles. The first-order valence-electron chi connectivity index (χ1n) is 6.72. The quantitative estimate of drug-likeness (QED) is 0.691. The summed E-state index contributed by atoms with van der Waals surface area (Å²) in [4.78, 5) is 4.28. The summed E-state index contributed by atoms with van der Waals surface area (Å²) < 4.78 is 11.1. The van der Waals surface area contributed by atoms with E-state index in [1.807, 2.05) is 0 Å². The number of hydrogen-bond donors (Lipinski definition) is 1. The zero-order valence-corrected chi connectivity index (χ0v) is 14.2. The predicted octanol–water partition coefficient (Wildman–Crippen LogP) is 4.56. The van der Waals surface area contributed by atoms with Crippen LogP contribution < -0.4 is 15.2 Å². The van der Waals surface area contributed by atoms with Gasteiger partial charge >= 0.3 is 0 Å². The van der Waals surface area contributed by atoms with Gasteiger partial charge in [-0.3, -0.25) is 4.98 Å². The molecule has 0 spiro atoms. The number of nitrogen functional groups attached to an aromatic ring is 1. The van der Waals surface area contributed by atoms with Gasteiger partial charge in [0, 0.05) is 23.7 Å². The molecule has 122 valence electrons. The Kier molecular flexibility index (Phi) is 5.35. The van der Waals surface area contributed by atoms with Crippen molar-refractivity contribution in [2.75, 3.05) is 12.8 Å². The maximum Gasteiger partial charge on any atom is 0.138 e. The van der Waals surface area contributed by atoms with Crippen molar-refractivity contribution in [1.29, 1.82) is 5.26 Å². The Hall–Kier alpha value is -2.68. The summed E-state index contributed by atoms with van der Waals surface area (Å²) in [7, 11) is 1.51. The van der Waals surface area contributed by atoms with Crippen molar-refractivity contribution in [2.45, 2.75) is 0 Å². The molecule has 0 amide bonds. The van der Waals surface area contributed by atoms with Crippen molar-refractivity contribution >= 4 is 40.6 Å². The lowest BCUT2D eigenvalue weighted by atomic mass is 10.1. The van der Waals surface area contributed by atoms with Gasteiger partial charge in [0.15, 0.2) is 0 Å². The molecule has 0 saturated carbocycles. The predicted molar refractivity (Wildman–Crippen MR) is 96.2 cm³/mol. The zero-order valence-electron chi connectivity index (χ0n) is 12.6. The van der Waals surface area contributed by atoms with Crippen LogP contribution >= 0.6 is 24.0 Å². The van der Waals surface area contributed by atoms with Gasteiger partial charge in [-0.2, -0.15) is 5.26 Å². The highest BCUT2D eigenvalue weighted by molar-refractivity contribution is 6.33. The normalized spacial score (nSPS) is 9.88. The van der Waals surface area contributed by atoms with Crippen LogP contribution in [0.5, 0.6) is 17.2 Å². The number of hydrogen-bond acceptors (Lipinski definition) is 5. The van der Waals surface area contributed by atoms with Gasteiger partial charge < -0.3 is 15.2 Å². The minimum atomic E-state index is 0. The lowest BCUT2D eigenvalue weighted by Crippen LogP contribution is -1.93. The number of nitriles is 1. The Morgan fingerprint density at radius 3 is 2.62 bits per heavy atom. The Balaban J connectivity index is 0.00000208. The van der Waals surface area contributed by atoms with E-state index in [1.165, 1.54) is 7.11 Å². The third-order valence-electron chi connectivity index (χ3n) is 3.34. The number of nitrogens with zero attached hydrogens (tertiary/aromatic N) is 2. The monoisotopic (exact) mass is 361 g/mol. The Bertz CT molecular complexity index is 939. The molecular weight excluding hydrogens is 349 g/mol. The van der Waals surface area contributed by atoms with Crippen LogP contribution in [0.15, 0.2) is 42.6 Å². The average molecular weight is 362 g/mol. The van der Waals surface area contributed by atoms with Crippen molar-refractivity contribution in [3.8, 4) is 23.3 Å². The molecule has 24 heavy (non-hydrogen) atoms. The highest BCUT2D eigenvalue weighted by Gasteiger charge is 2.11.